The second-order valence-electron chi connectivity index (χ2n) is 8.96. The average Bonchev–Trinajstić information content (AvgIpc) is 2.90. The Kier molecular flexibility index (Phi) is 9.57. The van der Waals surface area contributed by atoms with E-state index in [0.717, 1.165) is 16.0 Å². The van der Waals surface area contributed by atoms with Crippen molar-refractivity contribution in [2.75, 3.05) is 23.4 Å². The molecule has 1 saturated heterocycles. The monoisotopic (exact) mass is 707 g/mol. The molecule has 1 fully saturated rings. The molecule has 0 unspecified atom stereocenters. The van der Waals surface area contributed by atoms with Crippen molar-refractivity contribution in [3.05, 3.63) is 84.4 Å². The summed E-state index contributed by atoms with van der Waals surface area (Å²) in [6.45, 7) is 5.41. The van der Waals surface area contributed by atoms with Gasteiger partial charge in [0, 0.05) is 15.7 Å². The Hall–Kier alpha value is -3.61. The van der Waals surface area contributed by atoms with E-state index in [2.05, 4.69) is 10.6 Å². The molecular weight excluding hydrogens is 684 g/mol. The molecule has 1 aliphatic rings. The first-order valence-electron chi connectivity index (χ1n) is 12.3. The number of halogens is 3. The Labute approximate surface area is 259 Å². The van der Waals surface area contributed by atoms with Gasteiger partial charge < -0.3 is 14.8 Å². The first-order chi connectivity index (χ1) is 19.5. The Balaban J connectivity index is 1.58. The smallest absolute Gasteiger partial charge is 0.335 e. The molecule has 0 radical (unpaired) electrons. The largest absolute Gasteiger partial charge is 0.490 e. The number of urea groups is 1. The lowest BCUT2D eigenvalue weighted by Gasteiger charge is -2.26. The van der Waals surface area contributed by atoms with Crippen LogP contribution in [-0.2, 0) is 14.4 Å². The molecule has 4 rings (SSSR count). The van der Waals surface area contributed by atoms with Crippen molar-refractivity contribution in [2.24, 2.45) is 0 Å². The number of benzene rings is 3. The van der Waals surface area contributed by atoms with Crippen molar-refractivity contribution in [1.29, 1.82) is 0 Å². The van der Waals surface area contributed by atoms with Crippen LogP contribution in [0.2, 0.25) is 10.0 Å². The van der Waals surface area contributed by atoms with Crippen LogP contribution in [0.1, 0.15) is 23.6 Å². The van der Waals surface area contributed by atoms with Crippen molar-refractivity contribution < 1.29 is 28.7 Å². The molecule has 12 heteroatoms. The number of nitrogens with zero attached hydrogens (tertiary/aromatic N) is 1. The summed E-state index contributed by atoms with van der Waals surface area (Å²) in [5, 5.41) is 5.82. The molecule has 3 aromatic rings. The molecule has 0 aliphatic carbocycles. The van der Waals surface area contributed by atoms with Crippen LogP contribution in [0.15, 0.2) is 54.1 Å². The third kappa shape index (κ3) is 7.00. The van der Waals surface area contributed by atoms with Gasteiger partial charge in [0.15, 0.2) is 18.1 Å². The molecule has 5 amide bonds. The molecule has 0 bridgehead atoms. The highest BCUT2D eigenvalue weighted by atomic mass is 127. The van der Waals surface area contributed by atoms with E-state index in [-0.39, 0.29) is 24.5 Å². The Morgan fingerprint density at radius 1 is 1.00 bits per heavy atom. The average molecular weight is 708 g/mol. The summed E-state index contributed by atoms with van der Waals surface area (Å²) in [7, 11) is 0. The van der Waals surface area contributed by atoms with Gasteiger partial charge in [-0.25, -0.2) is 9.69 Å². The third-order valence-corrected chi connectivity index (χ3v) is 7.58. The van der Waals surface area contributed by atoms with E-state index in [0.29, 0.717) is 36.4 Å². The molecule has 0 saturated carbocycles. The number of nitrogens with one attached hydrogen (secondary N) is 2. The van der Waals surface area contributed by atoms with Crippen LogP contribution in [0.25, 0.3) is 6.08 Å². The molecule has 1 aliphatic heterocycles. The molecule has 9 nitrogen and oxygen atoms in total. The van der Waals surface area contributed by atoms with Gasteiger partial charge in [-0.1, -0.05) is 35.3 Å². The van der Waals surface area contributed by atoms with Gasteiger partial charge >= 0.3 is 6.03 Å². The van der Waals surface area contributed by atoms with Crippen molar-refractivity contribution >= 4 is 87.0 Å². The van der Waals surface area contributed by atoms with Crippen molar-refractivity contribution in [3.8, 4) is 11.5 Å². The highest BCUT2D eigenvalue weighted by Gasteiger charge is 2.37. The quantitative estimate of drug-likeness (QED) is 0.162. The molecule has 0 aromatic heterocycles. The SMILES string of the molecule is CCOc1cc(/C=C2\C(=O)NC(=O)N(c3ccc(C)c(Cl)c3)C2=O)cc(I)c1OCC(=O)Nc1ccc(C)c(Cl)c1. The first-order valence-corrected chi connectivity index (χ1v) is 14.1. The number of imide groups is 2. The molecule has 0 spiro atoms. The minimum atomic E-state index is -0.878. The first kappa shape index (κ1) is 30.4. The van der Waals surface area contributed by atoms with E-state index in [1.807, 2.05) is 29.5 Å². The predicted molar refractivity (Wildman–Crippen MR) is 166 cm³/mol. The second-order valence-corrected chi connectivity index (χ2v) is 10.9. The standard InChI is InChI=1S/C29H24Cl2IN3O6/c1-4-40-24-11-17(10-23(32)26(24)41-14-25(36)33-18-7-5-15(2)21(30)12-18)9-20-27(37)34-29(39)35(28(20)38)19-8-6-16(3)22(31)13-19/h5-13H,4,14H2,1-3H3,(H,33,36)(H,34,37,39)/b20-9+. The summed E-state index contributed by atoms with van der Waals surface area (Å²) in [6.07, 6.45) is 1.36. The summed E-state index contributed by atoms with van der Waals surface area (Å²) >= 11 is 14.3. The number of barbiturate groups is 1. The number of amides is 5. The van der Waals surface area contributed by atoms with Gasteiger partial charge in [-0.2, -0.15) is 0 Å². The lowest BCUT2D eigenvalue weighted by Crippen LogP contribution is -2.54. The predicted octanol–water partition coefficient (Wildman–Crippen LogP) is 6.30. The van der Waals surface area contributed by atoms with Gasteiger partial charge in [0.25, 0.3) is 17.7 Å². The van der Waals surface area contributed by atoms with E-state index in [1.165, 1.54) is 12.1 Å². The number of rotatable bonds is 8. The molecule has 41 heavy (non-hydrogen) atoms. The normalized spacial score (nSPS) is 14.2. The van der Waals surface area contributed by atoms with E-state index >= 15 is 0 Å². The fourth-order valence-electron chi connectivity index (χ4n) is 3.86. The van der Waals surface area contributed by atoms with E-state index in [4.69, 9.17) is 32.7 Å². The number of hydrogen-bond acceptors (Lipinski definition) is 6. The minimum Gasteiger partial charge on any atom is -0.490 e. The Morgan fingerprint density at radius 2 is 1.68 bits per heavy atom. The zero-order valence-electron chi connectivity index (χ0n) is 22.1. The fraction of sp³-hybridized carbons (Fsp3) is 0.172. The molecular formula is C29H24Cl2IN3O6. The number of hydrogen-bond donors (Lipinski definition) is 2. The maximum absolute atomic E-state index is 13.3. The van der Waals surface area contributed by atoms with E-state index in [1.54, 1.807) is 56.3 Å². The van der Waals surface area contributed by atoms with E-state index < -0.39 is 23.8 Å². The number of ether oxygens (including phenoxy) is 2. The second kappa shape index (κ2) is 12.9. The van der Waals surface area contributed by atoms with Gasteiger partial charge in [0.1, 0.15) is 5.57 Å². The van der Waals surface area contributed by atoms with Crippen LogP contribution in [0.3, 0.4) is 0 Å². The maximum Gasteiger partial charge on any atom is 0.335 e. The van der Waals surface area contributed by atoms with Gasteiger partial charge in [-0.15, -0.1) is 0 Å². The zero-order valence-corrected chi connectivity index (χ0v) is 25.8. The summed E-state index contributed by atoms with van der Waals surface area (Å²) in [6, 6.07) is 12.3. The van der Waals surface area contributed by atoms with Gasteiger partial charge in [0.2, 0.25) is 0 Å². The van der Waals surface area contributed by atoms with Crippen molar-refractivity contribution in [3.63, 3.8) is 0 Å². The third-order valence-electron chi connectivity index (χ3n) is 5.96. The molecule has 1 heterocycles. The van der Waals surface area contributed by atoms with Gasteiger partial charge in [0.05, 0.1) is 15.9 Å². The Bertz CT molecular complexity index is 1610. The van der Waals surface area contributed by atoms with Crippen molar-refractivity contribution in [2.45, 2.75) is 20.8 Å². The summed E-state index contributed by atoms with van der Waals surface area (Å²) < 4.78 is 12.1. The van der Waals surface area contributed by atoms with Crippen LogP contribution in [0.5, 0.6) is 11.5 Å². The maximum atomic E-state index is 13.3. The lowest BCUT2D eigenvalue weighted by molar-refractivity contribution is -0.122. The number of carbonyl (C=O) groups excluding carboxylic acids is 4. The van der Waals surface area contributed by atoms with Crippen LogP contribution in [0, 0.1) is 17.4 Å². The van der Waals surface area contributed by atoms with Crippen LogP contribution in [0.4, 0.5) is 16.2 Å². The molecule has 212 valence electrons. The zero-order chi connectivity index (χ0) is 29.8. The van der Waals surface area contributed by atoms with Gasteiger partial charge in [-0.05, 0) is 103 Å². The number of anilines is 2. The van der Waals surface area contributed by atoms with E-state index in [9.17, 15) is 19.2 Å². The lowest BCUT2D eigenvalue weighted by atomic mass is 10.1. The summed E-state index contributed by atoms with van der Waals surface area (Å²) in [5.74, 6) is -1.42. The summed E-state index contributed by atoms with van der Waals surface area (Å²) in [5.41, 5.74) is 2.60. The highest BCUT2D eigenvalue weighted by Crippen LogP contribution is 2.35. The fourth-order valence-corrected chi connectivity index (χ4v) is 5.00. The molecule has 3 aromatic carbocycles. The van der Waals surface area contributed by atoms with Crippen LogP contribution >= 0.6 is 45.8 Å². The van der Waals surface area contributed by atoms with Gasteiger partial charge in [-0.3, -0.25) is 19.7 Å². The number of carbonyl (C=O) groups is 4. The Morgan fingerprint density at radius 3 is 2.34 bits per heavy atom. The van der Waals surface area contributed by atoms with Crippen molar-refractivity contribution in [1.82, 2.24) is 5.32 Å². The number of aryl methyl sites for hydroxylation is 2. The topological polar surface area (TPSA) is 114 Å². The summed E-state index contributed by atoms with van der Waals surface area (Å²) in [4.78, 5) is 51.9. The van der Waals surface area contributed by atoms with Crippen LogP contribution in [-0.4, -0.2) is 37.0 Å². The molecule has 0 atom stereocenters. The van der Waals surface area contributed by atoms with Crippen LogP contribution < -0.4 is 25.0 Å². The highest BCUT2D eigenvalue weighted by molar-refractivity contribution is 14.1. The minimum absolute atomic E-state index is 0.223. The molecule has 2 N–H and O–H groups in total.